The Morgan fingerprint density at radius 3 is 2.45 bits per heavy atom. The topological polar surface area (TPSA) is 112 Å². The first-order chi connectivity index (χ1) is 9.13. The van der Waals surface area contributed by atoms with E-state index in [1.807, 2.05) is 0 Å². The van der Waals surface area contributed by atoms with Gasteiger partial charge in [-0.1, -0.05) is 23.2 Å². The summed E-state index contributed by atoms with van der Waals surface area (Å²) in [5.41, 5.74) is 2.14. The van der Waals surface area contributed by atoms with E-state index in [1.54, 1.807) is 25.1 Å². The van der Waals surface area contributed by atoms with E-state index < -0.39 is 0 Å². The molecule has 0 radical (unpaired) electrons. The zero-order valence-corrected chi connectivity index (χ0v) is 11.9. The molecule has 104 valence electrons. The summed E-state index contributed by atoms with van der Waals surface area (Å²) in [7, 11) is 0. The van der Waals surface area contributed by atoms with E-state index in [9.17, 15) is 0 Å². The fourth-order valence-corrected chi connectivity index (χ4v) is 1.85. The molecule has 3 aromatic rings. The quantitative estimate of drug-likeness (QED) is 0.744. The molecule has 0 saturated heterocycles. The number of rotatable bonds is 2. The van der Waals surface area contributed by atoms with Crippen molar-refractivity contribution in [2.75, 3.05) is 5.32 Å². The number of aryl methyl sites for hydroxylation is 1. The lowest BCUT2D eigenvalue weighted by molar-refractivity contribution is 0.314. The van der Waals surface area contributed by atoms with Gasteiger partial charge in [0.1, 0.15) is 0 Å². The van der Waals surface area contributed by atoms with Crippen molar-refractivity contribution in [2.45, 2.75) is 6.92 Å². The summed E-state index contributed by atoms with van der Waals surface area (Å²) in [5, 5.41) is 11.3. The molecule has 9 heteroatoms. The van der Waals surface area contributed by atoms with Crippen molar-refractivity contribution in [3.8, 4) is 0 Å². The van der Waals surface area contributed by atoms with E-state index in [0.29, 0.717) is 32.9 Å². The van der Waals surface area contributed by atoms with Crippen molar-refractivity contribution in [1.29, 1.82) is 0 Å². The van der Waals surface area contributed by atoms with Crippen LogP contribution in [0.15, 0.2) is 22.8 Å². The molecule has 0 atom stereocenters. The number of nitrogens with zero attached hydrogens (tertiary/aromatic N) is 4. The lowest BCUT2D eigenvalue weighted by Crippen LogP contribution is -1.99. The first-order valence-electron chi connectivity index (χ1n) is 5.32. The van der Waals surface area contributed by atoms with Gasteiger partial charge in [0.05, 0.1) is 15.7 Å². The number of anilines is 2. The van der Waals surface area contributed by atoms with Gasteiger partial charge in [-0.05, 0) is 35.4 Å². The van der Waals surface area contributed by atoms with E-state index in [2.05, 4.69) is 30.2 Å². The summed E-state index contributed by atoms with van der Waals surface area (Å²) in [4.78, 5) is 8.49. The van der Waals surface area contributed by atoms with E-state index in [4.69, 9.17) is 23.2 Å². The second-order valence-electron chi connectivity index (χ2n) is 3.82. The summed E-state index contributed by atoms with van der Waals surface area (Å²) >= 11 is 11.8. The van der Waals surface area contributed by atoms with Crippen molar-refractivity contribution in [2.24, 2.45) is 0 Å². The average molecular weight is 313 g/mol. The standard InChI is InChI=1S/C11H7Cl2N5O.H3N/c1-5-9(16-11-10(14-5)17-19-18-11)15-6-2-3-7(12)8(13)4-6;/h2-4H,1H3,(H,15,16,18);1H3. The Hall–Kier alpha value is -1.96. The second-order valence-corrected chi connectivity index (χ2v) is 4.64. The van der Waals surface area contributed by atoms with Gasteiger partial charge in [0.2, 0.25) is 11.3 Å². The van der Waals surface area contributed by atoms with Crippen LogP contribution in [0.25, 0.3) is 11.3 Å². The third-order valence-electron chi connectivity index (χ3n) is 2.47. The lowest BCUT2D eigenvalue weighted by atomic mass is 10.3. The van der Waals surface area contributed by atoms with E-state index in [0.717, 1.165) is 5.69 Å². The third-order valence-corrected chi connectivity index (χ3v) is 3.21. The first-order valence-corrected chi connectivity index (χ1v) is 6.08. The Morgan fingerprint density at radius 1 is 1.05 bits per heavy atom. The fourth-order valence-electron chi connectivity index (χ4n) is 1.55. The highest BCUT2D eigenvalue weighted by Gasteiger charge is 2.10. The molecule has 0 aliphatic heterocycles. The molecule has 0 amide bonds. The zero-order valence-electron chi connectivity index (χ0n) is 10.4. The Balaban J connectivity index is 0.00000147. The molecule has 4 N–H and O–H groups in total. The maximum Gasteiger partial charge on any atom is 0.245 e. The van der Waals surface area contributed by atoms with E-state index >= 15 is 0 Å². The molecule has 1 aromatic carbocycles. The van der Waals surface area contributed by atoms with E-state index in [-0.39, 0.29) is 6.15 Å². The highest BCUT2D eigenvalue weighted by Crippen LogP contribution is 2.27. The molecule has 2 aromatic heterocycles. The SMILES string of the molecule is Cc1nc2nonc2nc1Nc1ccc(Cl)c(Cl)c1.N. The number of hydrogen-bond donors (Lipinski definition) is 2. The minimum atomic E-state index is 0. The monoisotopic (exact) mass is 312 g/mol. The summed E-state index contributed by atoms with van der Waals surface area (Å²) in [6.45, 7) is 1.81. The van der Waals surface area contributed by atoms with Crippen LogP contribution in [0.2, 0.25) is 10.0 Å². The van der Waals surface area contributed by atoms with Crippen LogP contribution in [0.4, 0.5) is 11.5 Å². The normalized spacial score (nSPS) is 10.3. The maximum absolute atomic E-state index is 5.95. The van der Waals surface area contributed by atoms with Crippen molar-refractivity contribution < 1.29 is 4.63 Å². The predicted molar refractivity (Wildman–Crippen MR) is 76.9 cm³/mol. The second kappa shape index (κ2) is 5.58. The predicted octanol–water partition coefficient (Wildman–Crippen LogP) is 3.53. The van der Waals surface area contributed by atoms with Crippen LogP contribution in [0.3, 0.4) is 0 Å². The average Bonchev–Trinajstić information content (AvgIpc) is 2.81. The molecule has 0 fully saturated rings. The van der Waals surface area contributed by atoms with Crippen molar-refractivity contribution in [3.05, 3.63) is 33.9 Å². The smallest absolute Gasteiger partial charge is 0.245 e. The summed E-state index contributed by atoms with van der Waals surface area (Å²) < 4.78 is 4.57. The Labute approximate surface area is 123 Å². The highest BCUT2D eigenvalue weighted by molar-refractivity contribution is 6.42. The molecule has 20 heavy (non-hydrogen) atoms. The fraction of sp³-hybridized carbons (Fsp3) is 0.0909. The molecule has 0 saturated carbocycles. The number of halogens is 2. The Bertz CT molecular complexity index is 760. The van der Waals surface area contributed by atoms with Gasteiger partial charge in [-0.15, -0.1) is 0 Å². The van der Waals surface area contributed by atoms with Gasteiger partial charge in [0, 0.05) is 5.69 Å². The summed E-state index contributed by atoms with van der Waals surface area (Å²) in [5.74, 6) is 0.557. The number of aromatic nitrogens is 4. The number of benzene rings is 1. The minimum Gasteiger partial charge on any atom is -0.344 e. The van der Waals surface area contributed by atoms with Gasteiger partial charge in [-0.25, -0.2) is 14.6 Å². The summed E-state index contributed by atoms with van der Waals surface area (Å²) in [6, 6.07) is 5.20. The molecule has 0 spiro atoms. The van der Waals surface area contributed by atoms with Gasteiger partial charge in [-0.3, -0.25) is 0 Å². The Morgan fingerprint density at radius 2 is 1.75 bits per heavy atom. The van der Waals surface area contributed by atoms with Crippen LogP contribution in [0.5, 0.6) is 0 Å². The molecule has 7 nitrogen and oxygen atoms in total. The van der Waals surface area contributed by atoms with Crippen LogP contribution in [-0.4, -0.2) is 20.3 Å². The largest absolute Gasteiger partial charge is 0.344 e. The van der Waals surface area contributed by atoms with Gasteiger partial charge >= 0.3 is 0 Å². The molecule has 2 heterocycles. The minimum absolute atomic E-state index is 0. The molecular formula is C11H10Cl2N6O. The zero-order chi connectivity index (χ0) is 13.4. The number of hydrogen-bond acceptors (Lipinski definition) is 7. The molecule has 0 aliphatic rings. The maximum atomic E-state index is 5.95. The van der Waals surface area contributed by atoms with Gasteiger partial charge < -0.3 is 11.5 Å². The first kappa shape index (κ1) is 14.4. The van der Waals surface area contributed by atoms with Gasteiger partial charge in [-0.2, -0.15) is 0 Å². The molecular weight excluding hydrogens is 303 g/mol. The highest BCUT2D eigenvalue weighted by atomic mass is 35.5. The van der Waals surface area contributed by atoms with E-state index in [1.165, 1.54) is 0 Å². The van der Waals surface area contributed by atoms with Crippen LogP contribution < -0.4 is 11.5 Å². The van der Waals surface area contributed by atoms with Crippen LogP contribution in [0.1, 0.15) is 5.69 Å². The number of fused-ring (bicyclic) bond motifs is 1. The van der Waals surface area contributed by atoms with Gasteiger partial charge in [0.25, 0.3) is 0 Å². The van der Waals surface area contributed by atoms with Crippen molar-refractivity contribution in [3.63, 3.8) is 0 Å². The summed E-state index contributed by atoms with van der Waals surface area (Å²) in [6.07, 6.45) is 0. The van der Waals surface area contributed by atoms with Crippen molar-refractivity contribution in [1.82, 2.24) is 26.4 Å². The molecule has 0 unspecified atom stereocenters. The third kappa shape index (κ3) is 2.64. The molecule has 0 bridgehead atoms. The van der Waals surface area contributed by atoms with Crippen LogP contribution >= 0.6 is 23.2 Å². The Kier molecular flexibility index (Phi) is 4.03. The van der Waals surface area contributed by atoms with Gasteiger partial charge in [0.15, 0.2) is 5.82 Å². The molecule has 0 aliphatic carbocycles. The van der Waals surface area contributed by atoms with Crippen LogP contribution in [0, 0.1) is 6.92 Å². The lowest BCUT2D eigenvalue weighted by Gasteiger charge is -2.08. The number of nitrogens with one attached hydrogen (secondary N) is 1. The van der Waals surface area contributed by atoms with Crippen molar-refractivity contribution >= 4 is 46.0 Å². The molecule has 3 rings (SSSR count). The van der Waals surface area contributed by atoms with Crippen LogP contribution in [-0.2, 0) is 0 Å².